The predicted octanol–water partition coefficient (Wildman–Crippen LogP) is 2.53. The van der Waals surface area contributed by atoms with Gasteiger partial charge < -0.3 is 10.1 Å². The molecule has 3 heterocycles. The Morgan fingerprint density at radius 2 is 1.80 bits per heavy atom. The van der Waals surface area contributed by atoms with Crippen LogP contribution in [0.4, 0.5) is 0 Å². The van der Waals surface area contributed by atoms with Crippen molar-refractivity contribution in [1.29, 1.82) is 0 Å². The van der Waals surface area contributed by atoms with E-state index in [1.807, 2.05) is 51.1 Å². The number of nitrogens with zero attached hydrogens (tertiary/aromatic N) is 1. The third-order valence-corrected chi connectivity index (χ3v) is 5.19. The average molecular weight is 344 g/mol. The number of nitrogens with one attached hydrogen (secondary N) is 1. The Morgan fingerprint density at radius 1 is 1.16 bits per heavy atom. The Bertz CT molecular complexity index is 616. The lowest BCUT2D eigenvalue weighted by Crippen LogP contribution is -2.53. The Balaban J connectivity index is 1.74. The van der Waals surface area contributed by atoms with Gasteiger partial charge >= 0.3 is 5.97 Å². The molecule has 1 aromatic carbocycles. The number of amides is 1. The van der Waals surface area contributed by atoms with Crippen LogP contribution in [0, 0.1) is 11.3 Å². The topological polar surface area (TPSA) is 58.6 Å². The summed E-state index contributed by atoms with van der Waals surface area (Å²) in [5, 5.41) is 2.88. The quantitative estimate of drug-likeness (QED) is 0.853. The molecule has 0 saturated carbocycles. The van der Waals surface area contributed by atoms with Gasteiger partial charge in [-0.25, -0.2) is 4.79 Å². The van der Waals surface area contributed by atoms with Crippen LogP contribution in [0.15, 0.2) is 30.3 Å². The molecule has 0 spiro atoms. The van der Waals surface area contributed by atoms with E-state index in [1.54, 1.807) is 0 Å². The van der Waals surface area contributed by atoms with Gasteiger partial charge in [-0.05, 0) is 37.4 Å². The van der Waals surface area contributed by atoms with Crippen LogP contribution in [0.3, 0.4) is 0 Å². The van der Waals surface area contributed by atoms with Gasteiger partial charge in [-0.1, -0.05) is 51.1 Å². The first-order valence-electron chi connectivity index (χ1n) is 9.13. The van der Waals surface area contributed by atoms with Crippen molar-refractivity contribution in [3.05, 3.63) is 35.9 Å². The van der Waals surface area contributed by atoms with Gasteiger partial charge in [-0.3, -0.25) is 9.69 Å². The molecular formula is C20H28N2O3. The highest BCUT2D eigenvalue weighted by Crippen LogP contribution is 2.31. The lowest BCUT2D eigenvalue weighted by molar-refractivity contribution is -0.163. The number of carbonyl (C=O) groups excluding carboxylic acids is 2. The van der Waals surface area contributed by atoms with Gasteiger partial charge in [0.1, 0.15) is 6.10 Å². The second-order valence-electron chi connectivity index (χ2n) is 8.18. The number of fused-ring (bicyclic) bond motifs is 3. The molecule has 1 aromatic rings. The third-order valence-electron chi connectivity index (χ3n) is 5.19. The molecule has 0 aliphatic carbocycles. The maximum atomic E-state index is 12.9. The van der Waals surface area contributed by atoms with E-state index < -0.39 is 11.5 Å². The minimum Gasteiger partial charge on any atom is -0.459 e. The molecule has 1 N–H and O–H groups in total. The molecule has 0 radical (unpaired) electrons. The Morgan fingerprint density at radius 3 is 2.32 bits per heavy atom. The summed E-state index contributed by atoms with van der Waals surface area (Å²) in [6.07, 6.45) is 2.11. The summed E-state index contributed by atoms with van der Waals surface area (Å²) >= 11 is 0. The molecule has 3 fully saturated rings. The van der Waals surface area contributed by atoms with Crippen molar-refractivity contribution >= 4 is 11.9 Å². The van der Waals surface area contributed by atoms with Gasteiger partial charge in [-0.2, -0.15) is 0 Å². The molecule has 0 aromatic heterocycles. The first-order chi connectivity index (χ1) is 11.8. The molecule has 2 bridgehead atoms. The van der Waals surface area contributed by atoms with Crippen LogP contribution in [-0.2, 0) is 14.3 Å². The highest BCUT2D eigenvalue weighted by molar-refractivity contribution is 5.88. The van der Waals surface area contributed by atoms with E-state index in [1.165, 1.54) is 0 Å². The monoisotopic (exact) mass is 344 g/mol. The van der Waals surface area contributed by atoms with Crippen molar-refractivity contribution in [2.45, 2.75) is 45.8 Å². The number of piperidine rings is 3. The van der Waals surface area contributed by atoms with E-state index in [2.05, 4.69) is 10.2 Å². The molecule has 2 atom stereocenters. The standard InChI is InChI=1S/C20H28N2O3/c1-20(2,3)19(24)21-17(15-7-5-4-6-8-15)18(23)25-16-13-22-11-9-14(16)10-12-22/h4-8,14,16-17H,9-13H2,1-3H3,(H,21,24). The molecule has 4 rings (SSSR count). The fourth-order valence-electron chi connectivity index (χ4n) is 3.53. The third kappa shape index (κ3) is 4.21. The van der Waals surface area contributed by atoms with Crippen LogP contribution in [0.5, 0.6) is 0 Å². The number of hydrogen-bond acceptors (Lipinski definition) is 4. The van der Waals surface area contributed by atoms with Crippen molar-refractivity contribution in [3.63, 3.8) is 0 Å². The minimum atomic E-state index is -0.761. The van der Waals surface area contributed by atoms with Gasteiger partial charge in [0.2, 0.25) is 5.91 Å². The summed E-state index contributed by atoms with van der Waals surface area (Å²) in [5.74, 6) is -0.0709. The lowest BCUT2D eigenvalue weighted by Gasteiger charge is -2.44. The lowest BCUT2D eigenvalue weighted by atomic mass is 9.86. The van der Waals surface area contributed by atoms with Crippen LogP contribution in [0.25, 0.3) is 0 Å². The molecule has 5 nitrogen and oxygen atoms in total. The van der Waals surface area contributed by atoms with E-state index in [9.17, 15) is 9.59 Å². The zero-order valence-corrected chi connectivity index (χ0v) is 15.3. The van der Waals surface area contributed by atoms with Crippen LogP contribution >= 0.6 is 0 Å². The van der Waals surface area contributed by atoms with Gasteiger partial charge in [0, 0.05) is 12.0 Å². The fraction of sp³-hybridized carbons (Fsp3) is 0.600. The number of ether oxygens (including phenoxy) is 1. The van der Waals surface area contributed by atoms with Crippen LogP contribution in [0.2, 0.25) is 0 Å². The molecule has 3 aliphatic rings. The Labute approximate surface area is 149 Å². The zero-order chi connectivity index (χ0) is 18.0. The summed E-state index contributed by atoms with van der Waals surface area (Å²) < 4.78 is 5.86. The van der Waals surface area contributed by atoms with E-state index in [4.69, 9.17) is 4.74 Å². The van der Waals surface area contributed by atoms with Crippen molar-refractivity contribution < 1.29 is 14.3 Å². The zero-order valence-electron chi connectivity index (χ0n) is 15.3. The summed E-state index contributed by atoms with van der Waals surface area (Å²) in [5.41, 5.74) is 0.189. The van der Waals surface area contributed by atoms with E-state index in [0.717, 1.165) is 38.0 Å². The smallest absolute Gasteiger partial charge is 0.333 e. The number of carbonyl (C=O) groups is 2. The van der Waals surface area contributed by atoms with Crippen LogP contribution in [-0.4, -0.2) is 42.5 Å². The van der Waals surface area contributed by atoms with E-state index in [0.29, 0.717) is 5.92 Å². The molecule has 2 unspecified atom stereocenters. The van der Waals surface area contributed by atoms with E-state index in [-0.39, 0.29) is 18.0 Å². The molecule has 5 heteroatoms. The van der Waals surface area contributed by atoms with Crippen LogP contribution in [0.1, 0.15) is 45.2 Å². The molecule has 1 amide bonds. The number of esters is 1. The maximum Gasteiger partial charge on any atom is 0.333 e. The highest BCUT2D eigenvalue weighted by Gasteiger charge is 2.38. The minimum absolute atomic E-state index is 0.0623. The molecule has 3 aliphatic heterocycles. The molecule has 25 heavy (non-hydrogen) atoms. The van der Waals surface area contributed by atoms with E-state index >= 15 is 0 Å². The second kappa shape index (κ2) is 7.16. The second-order valence-corrected chi connectivity index (χ2v) is 8.18. The van der Waals surface area contributed by atoms with Gasteiger partial charge in [0.15, 0.2) is 6.04 Å². The molecular weight excluding hydrogens is 316 g/mol. The molecule has 3 saturated heterocycles. The van der Waals surface area contributed by atoms with Gasteiger partial charge in [0.05, 0.1) is 0 Å². The largest absolute Gasteiger partial charge is 0.459 e. The number of rotatable bonds is 4. The first kappa shape index (κ1) is 17.9. The Hall–Kier alpha value is -1.88. The molecule has 136 valence electrons. The van der Waals surface area contributed by atoms with Crippen molar-refractivity contribution in [3.8, 4) is 0 Å². The summed E-state index contributed by atoms with van der Waals surface area (Å²) in [6, 6.07) is 8.57. The normalized spacial score (nSPS) is 26.8. The summed E-state index contributed by atoms with van der Waals surface area (Å²) in [6.45, 7) is 8.52. The summed E-state index contributed by atoms with van der Waals surface area (Å²) in [4.78, 5) is 27.7. The van der Waals surface area contributed by atoms with Gasteiger partial charge in [0.25, 0.3) is 0 Å². The van der Waals surface area contributed by atoms with Crippen molar-refractivity contribution in [1.82, 2.24) is 10.2 Å². The highest BCUT2D eigenvalue weighted by atomic mass is 16.5. The Kier molecular flexibility index (Phi) is 5.13. The fourth-order valence-corrected chi connectivity index (χ4v) is 3.53. The van der Waals surface area contributed by atoms with Crippen LogP contribution < -0.4 is 5.32 Å². The maximum absolute atomic E-state index is 12.9. The summed E-state index contributed by atoms with van der Waals surface area (Å²) in [7, 11) is 0. The average Bonchev–Trinajstić information content (AvgIpc) is 2.60. The predicted molar refractivity (Wildman–Crippen MR) is 95.8 cm³/mol. The van der Waals surface area contributed by atoms with Crippen molar-refractivity contribution in [2.75, 3.05) is 19.6 Å². The number of benzene rings is 1. The SMILES string of the molecule is CC(C)(C)C(=O)NC(C(=O)OC1CN2CCC1CC2)c1ccccc1. The van der Waals surface area contributed by atoms with Crippen molar-refractivity contribution in [2.24, 2.45) is 11.3 Å². The number of hydrogen-bond donors (Lipinski definition) is 1. The first-order valence-corrected chi connectivity index (χ1v) is 9.13. The van der Waals surface area contributed by atoms with Gasteiger partial charge in [-0.15, -0.1) is 0 Å².